The maximum absolute atomic E-state index is 12.5. The molecule has 2 aliphatic carbocycles. The molecule has 0 aromatic heterocycles. The first-order chi connectivity index (χ1) is 12.9. The predicted octanol–water partition coefficient (Wildman–Crippen LogP) is 7.32. The monoisotopic (exact) mass is 398 g/mol. The summed E-state index contributed by atoms with van der Waals surface area (Å²) in [6.45, 7) is 4.46. The second-order valence-corrected chi connectivity index (χ2v) is 12.3. The van der Waals surface area contributed by atoms with Crippen molar-refractivity contribution in [2.75, 3.05) is 6.26 Å². The highest BCUT2D eigenvalue weighted by molar-refractivity contribution is 7.92. The minimum absolute atomic E-state index is 0.394. The molecule has 0 aliphatic heterocycles. The number of hydrogen-bond acceptors (Lipinski definition) is 2. The molecule has 3 heteroatoms. The summed E-state index contributed by atoms with van der Waals surface area (Å²) in [5.74, 6) is 2.66. The molecule has 2 rings (SSSR count). The van der Waals surface area contributed by atoms with Gasteiger partial charge in [-0.3, -0.25) is 0 Å². The Bertz CT molecular complexity index is 494. The molecular formula is C24H46O2S. The third kappa shape index (κ3) is 6.75. The van der Waals surface area contributed by atoms with Crippen molar-refractivity contribution in [1.82, 2.24) is 0 Å². The summed E-state index contributed by atoms with van der Waals surface area (Å²) in [6, 6.07) is 0. The highest BCUT2D eigenvalue weighted by Crippen LogP contribution is 2.47. The molecule has 0 amide bonds. The normalized spacial score (nSPS) is 32.5. The van der Waals surface area contributed by atoms with E-state index in [0.717, 1.165) is 62.7 Å². The van der Waals surface area contributed by atoms with Crippen LogP contribution in [0.2, 0.25) is 0 Å². The van der Waals surface area contributed by atoms with Crippen LogP contribution in [0, 0.1) is 17.8 Å². The maximum Gasteiger partial charge on any atom is 0.153 e. The SMILES string of the molecule is CCCCCCCC1CCC(C2CCC(CCCC)(S(C)(=O)=O)CC2)CC1. The van der Waals surface area contributed by atoms with E-state index in [-0.39, 0.29) is 0 Å². The van der Waals surface area contributed by atoms with Gasteiger partial charge in [0.25, 0.3) is 0 Å². The van der Waals surface area contributed by atoms with Crippen LogP contribution < -0.4 is 0 Å². The Morgan fingerprint density at radius 3 is 1.85 bits per heavy atom. The fourth-order valence-electron chi connectivity index (χ4n) is 5.93. The minimum atomic E-state index is -2.94. The number of unbranched alkanes of at least 4 members (excludes halogenated alkanes) is 5. The molecule has 0 spiro atoms. The molecule has 160 valence electrons. The van der Waals surface area contributed by atoms with Gasteiger partial charge in [-0.1, -0.05) is 78.1 Å². The maximum atomic E-state index is 12.5. The molecule has 0 radical (unpaired) electrons. The molecule has 27 heavy (non-hydrogen) atoms. The quantitative estimate of drug-likeness (QED) is 0.342. The molecule has 0 saturated heterocycles. The van der Waals surface area contributed by atoms with Gasteiger partial charge in [-0.05, 0) is 62.7 Å². The number of rotatable bonds is 11. The fourth-order valence-corrected chi connectivity index (χ4v) is 7.42. The lowest BCUT2D eigenvalue weighted by Gasteiger charge is -2.43. The van der Waals surface area contributed by atoms with Gasteiger partial charge in [-0.2, -0.15) is 0 Å². The topological polar surface area (TPSA) is 34.1 Å². The zero-order chi connectivity index (χ0) is 19.8. The Morgan fingerprint density at radius 1 is 0.741 bits per heavy atom. The van der Waals surface area contributed by atoms with Gasteiger partial charge in [-0.25, -0.2) is 8.42 Å². The van der Waals surface area contributed by atoms with Crippen molar-refractivity contribution in [1.29, 1.82) is 0 Å². The zero-order valence-corrected chi connectivity index (χ0v) is 19.3. The first-order valence-corrected chi connectivity index (χ1v) is 14.0. The lowest BCUT2D eigenvalue weighted by molar-refractivity contribution is 0.145. The van der Waals surface area contributed by atoms with Crippen LogP contribution in [0.4, 0.5) is 0 Å². The first kappa shape index (κ1) is 23.2. The largest absolute Gasteiger partial charge is 0.229 e. The molecule has 0 N–H and O–H groups in total. The van der Waals surface area contributed by atoms with Crippen molar-refractivity contribution < 1.29 is 8.42 Å². The molecule has 2 nitrogen and oxygen atoms in total. The van der Waals surface area contributed by atoms with E-state index in [0.29, 0.717) is 0 Å². The van der Waals surface area contributed by atoms with Crippen LogP contribution in [-0.4, -0.2) is 19.4 Å². The van der Waals surface area contributed by atoms with E-state index in [9.17, 15) is 8.42 Å². The lowest BCUT2D eigenvalue weighted by atomic mass is 9.68. The Kier molecular flexibility index (Phi) is 9.65. The van der Waals surface area contributed by atoms with Crippen LogP contribution in [0.15, 0.2) is 0 Å². The van der Waals surface area contributed by atoms with Crippen LogP contribution in [0.25, 0.3) is 0 Å². The average Bonchev–Trinajstić information content (AvgIpc) is 2.66. The standard InChI is InChI=1S/C24H46O2S/c1-4-6-8-9-10-11-21-12-14-22(15-13-21)23-16-19-24(20-17-23,18-7-5-2)27(3,25)26/h21-23H,4-20H2,1-3H3. The highest BCUT2D eigenvalue weighted by atomic mass is 32.2. The van der Waals surface area contributed by atoms with Gasteiger partial charge in [0.15, 0.2) is 9.84 Å². The zero-order valence-electron chi connectivity index (χ0n) is 18.5. The van der Waals surface area contributed by atoms with Crippen molar-refractivity contribution in [3.63, 3.8) is 0 Å². The number of hydrogen-bond donors (Lipinski definition) is 0. The molecule has 2 fully saturated rings. The van der Waals surface area contributed by atoms with Crippen LogP contribution in [0.5, 0.6) is 0 Å². The molecule has 0 unspecified atom stereocenters. The summed E-state index contributed by atoms with van der Waals surface area (Å²) in [5, 5.41) is 0. The predicted molar refractivity (Wildman–Crippen MR) is 118 cm³/mol. The van der Waals surface area contributed by atoms with Crippen LogP contribution in [0.1, 0.15) is 123 Å². The van der Waals surface area contributed by atoms with Gasteiger partial charge in [0.2, 0.25) is 0 Å². The van der Waals surface area contributed by atoms with Crippen molar-refractivity contribution >= 4 is 9.84 Å². The summed E-state index contributed by atoms with van der Waals surface area (Å²) in [6.07, 6.45) is 22.9. The molecule has 0 atom stereocenters. The Labute approximate surface area is 170 Å². The van der Waals surface area contributed by atoms with E-state index in [1.165, 1.54) is 70.5 Å². The molecule has 0 aromatic carbocycles. The van der Waals surface area contributed by atoms with Crippen molar-refractivity contribution in [2.24, 2.45) is 17.8 Å². The molecule has 0 heterocycles. The summed E-state index contributed by atoms with van der Waals surface area (Å²) < 4.78 is 24.6. The van der Waals surface area contributed by atoms with Gasteiger partial charge in [0.05, 0.1) is 4.75 Å². The summed E-state index contributed by atoms with van der Waals surface area (Å²) in [4.78, 5) is 0. The average molecular weight is 399 g/mol. The Morgan fingerprint density at radius 2 is 1.30 bits per heavy atom. The smallest absolute Gasteiger partial charge is 0.153 e. The Balaban J connectivity index is 1.74. The van der Waals surface area contributed by atoms with E-state index >= 15 is 0 Å². The van der Waals surface area contributed by atoms with Gasteiger partial charge in [0, 0.05) is 6.26 Å². The van der Waals surface area contributed by atoms with Crippen LogP contribution >= 0.6 is 0 Å². The number of sulfone groups is 1. The molecule has 0 bridgehead atoms. The second-order valence-electron chi connectivity index (χ2n) is 9.88. The second kappa shape index (κ2) is 11.2. The van der Waals surface area contributed by atoms with Crippen molar-refractivity contribution in [2.45, 2.75) is 128 Å². The highest BCUT2D eigenvalue weighted by Gasteiger charge is 2.44. The van der Waals surface area contributed by atoms with Crippen LogP contribution in [0.3, 0.4) is 0 Å². The fraction of sp³-hybridized carbons (Fsp3) is 1.00. The van der Waals surface area contributed by atoms with Crippen molar-refractivity contribution in [3.8, 4) is 0 Å². The van der Waals surface area contributed by atoms with E-state index < -0.39 is 14.6 Å². The van der Waals surface area contributed by atoms with Gasteiger partial charge >= 0.3 is 0 Å². The molecule has 0 aromatic rings. The summed E-state index contributed by atoms with van der Waals surface area (Å²) in [5.41, 5.74) is 0. The molecule has 2 saturated carbocycles. The van der Waals surface area contributed by atoms with Crippen LogP contribution in [-0.2, 0) is 9.84 Å². The minimum Gasteiger partial charge on any atom is -0.229 e. The summed E-state index contributed by atoms with van der Waals surface area (Å²) in [7, 11) is -2.94. The van der Waals surface area contributed by atoms with Gasteiger partial charge in [-0.15, -0.1) is 0 Å². The van der Waals surface area contributed by atoms with E-state index in [4.69, 9.17) is 0 Å². The van der Waals surface area contributed by atoms with E-state index in [1.54, 1.807) is 0 Å². The van der Waals surface area contributed by atoms with E-state index in [2.05, 4.69) is 13.8 Å². The first-order valence-electron chi connectivity index (χ1n) is 12.1. The third-order valence-electron chi connectivity index (χ3n) is 7.99. The molecular weight excluding hydrogens is 352 g/mol. The van der Waals surface area contributed by atoms with Gasteiger partial charge in [0.1, 0.15) is 0 Å². The molecule has 2 aliphatic rings. The van der Waals surface area contributed by atoms with Gasteiger partial charge < -0.3 is 0 Å². The van der Waals surface area contributed by atoms with E-state index in [1.807, 2.05) is 0 Å². The third-order valence-corrected chi connectivity index (χ3v) is 10.2. The lowest BCUT2D eigenvalue weighted by Crippen LogP contribution is -2.43. The summed E-state index contributed by atoms with van der Waals surface area (Å²) >= 11 is 0. The Hall–Kier alpha value is -0.0500. The van der Waals surface area contributed by atoms with Crippen molar-refractivity contribution in [3.05, 3.63) is 0 Å².